The number of amides is 1. The second-order valence-corrected chi connectivity index (χ2v) is 6.61. The van der Waals surface area contributed by atoms with E-state index in [1.165, 1.54) is 0 Å². The minimum absolute atomic E-state index is 0.0646. The number of pyridine rings is 1. The van der Waals surface area contributed by atoms with Crippen LogP contribution in [0, 0.1) is 0 Å². The lowest BCUT2D eigenvalue weighted by molar-refractivity contribution is -0.134. The van der Waals surface area contributed by atoms with E-state index >= 15 is 0 Å². The molecule has 2 aromatic heterocycles. The molecule has 0 bridgehead atoms. The van der Waals surface area contributed by atoms with Gasteiger partial charge in [-0.3, -0.25) is 4.79 Å². The molecule has 2 fully saturated rings. The summed E-state index contributed by atoms with van der Waals surface area (Å²) in [6.07, 6.45) is 6.56. The van der Waals surface area contributed by atoms with Crippen LogP contribution in [0.15, 0.2) is 42.7 Å². The topological polar surface area (TPSA) is 67.5 Å². The van der Waals surface area contributed by atoms with E-state index in [2.05, 4.69) is 9.97 Å². The molecule has 6 heteroatoms. The lowest BCUT2D eigenvalue weighted by Crippen LogP contribution is -2.44. The molecule has 6 nitrogen and oxygen atoms in total. The van der Waals surface area contributed by atoms with Gasteiger partial charge in [0.1, 0.15) is 12.2 Å². The highest BCUT2D eigenvalue weighted by atomic mass is 16.5. The minimum atomic E-state index is -0.158. The van der Waals surface area contributed by atoms with E-state index in [1.54, 1.807) is 6.20 Å². The number of nitrogens with one attached hydrogen (secondary N) is 1. The molecule has 132 valence electrons. The summed E-state index contributed by atoms with van der Waals surface area (Å²) in [4.78, 5) is 22.1. The highest BCUT2D eigenvalue weighted by molar-refractivity contribution is 5.77. The number of fused-ring (bicyclic) bond motifs is 1. The maximum atomic E-state index is 12.8. The van der Waals surface area contributed by atoms with Crippen LogP contribution in [0.2, 0.25) is 0 Å². The van der Waals surface area contributed by atoms with Gasteiger partial charge in [-0.15, -0.1) is 0 Å². The summed E-state index contributed by atoms with van der Waals surface area (Å²) in [7, 11) is 0. The average molecular weight is 341 g/mol. The summed E-state index contributed by atoms with van der Waals surface area (Å²) in [6.45, 7) is 1.29. The monoisotopic (exact) mass is 341 g/mol. The Bertz CT molecular complexity index is 689. The number of rotatable bonds is 5. The van der Waals surface area contributed by atoms with E-state index < -0.39 is 0 Å². The molecule has 4 heterocycles. The number of aromatic nitrogens is 2. The van der Waals surface area contributed by atoms with Crippen molar-refractivity contribution in [3.8, 4) is 5.88 Å². The second kappa shape index (κ2) is 7.27. The van der Waals surface area contributed by atoms with E-state index in [1.807, 2.05) is 41.4 Å². The van der Waals surface area contributed by atoms with E-state index in [4.69, 9.17) is 9.47 Å². The van der Waals surface area contributed by atoms with Crippen molar-refractivity contribution in [2.45, 2.75) is 43.9 Å². The summed E-state index contributed by atoms with van der Waals surface area (Å²) >= 11 is 0. The van der Waals surface area contributed by atoms with E-state index in [0.29, 0.717) is 18.8 Å². The van der Waals surface area contributed by atoms with E-state index in [0.717, 1.165) is 31.6 Å². The van der Waals surface area contributed by atoms with Gasteiger partial charge in [-0.1, -0.05) is 6.07 Å². The Kier molecular flexibility index (Phi) is 4.70. The van der Waals surface area contributed by atoms with Crippen molar-refractivity contribution in [1.29, 1.82) is 0 Å². The predicted octanol–water partition coefficient (Wildman–Crippen LogP) is 2.18. The second-order valence-electron chi connectivity index (χ2n) is 6.61. The van der Waals surface area contributed by atoms with Crippen molar-refractivity contribution in [1.82, 2.24) is 14.9 Å². The highest BCUT2D eigenvalue weighted by Crippen LogP contribution is 2.31. The summed E-state index contributed by atoms with van der Waals surface area (Å²) in [5.74, 6) is 0.753. The number of likely N-dealkylation sites (tertiary alicyclic amines) is 1. The normalized spacial score (nSPS) is 25.6. The van der Waals surface area contributed by atoms with Crippen molar-refractivity contribution in [3.05, 3.63) is 48.4 Å². The molecule has 2 aliphatic rings. The Morgan fingerprint density at radius 3 is 3.12 bits per heavy atom. The zero-order valence-corrected chi connectivity index (χ0v) is 14.1. The fourth-order valence-electron chi connectivity index (χ4n) is 3.78. The van der Waals surface area contributed by atoms with Gasteiger partial charge in [-0.2, -0.15) is 0 Å². The molecule has 2 aliphatic heterocycles. The number of hydrogen-bond donors (Lipinski definition) is 1. The number of ether oxygens (including phenoxy) is 2. The van der Waals surface area contributed by atoms with Gasteiger partial charge in [0.2, 0.25) is 11.8 Å². The third kappa shape index (κ3) is 3.54. The third-order valence-corrected chi connectivity index (χ3v) is 4.98. The fraction of sp³-hybridized carbons (Fsp3) is 0.474. The summed E-state index contributed by atoms with van der Waals surface area (Å²) in [5.41, 5.74) is 1.09. The minimum Gasteiger partial charge on any atom is -0.470 e. The van der Waals surface area contributed by atoms with Crippen LogP contribution >= 0.6 is 0 Å². The van der Waals surface area contributed by atoms with Gasteiger partial charge in [0.05, 0.1) is 12.6 Å². The zero-order valence-electron chi connectivity index (χ0n) is 14.1. The fourth-order valence-corrected chi connectivity index (χ4v) is 3.78. The van der Waals surface area contributed by atoms with Crippen LogP contribution in [0.4, 0.5) is 0 Å². The SMILES string of the molecule is O=C(CCc1ccc[nH]1)N1C[C@H](Oc2ccccn2)[C@H]2OCCC[C@H]21. The molecule has 2 saturated heterocycles. The Morgan fingerprint density at radius 2 is 2.32 bits per heavy atom. The lowest BCUT2D eigenvalue weighted by atomic mass is 10.0. The molecule has 1 N–H and O–H groups in total. The first-order valence-corrected chi connectivity index (χ1v) is 8.92. The van der Waals surface area contributed by atoms with Crippen molar-refractivity contribution < 1.29 is 14.3 Å². The first kappa shape index (κ1) is 16.1. The van der Waals surface area contributed by atoms with Crippen LogP contribution < -0.4 is 4.74 Å². The number of aryl methyl sites for hydroxylation is 1. The van der Waals surface area contributed by atoms with Gasteiger partial charge < -0.3 is 19.4 Å². The van der Waals surface area contributed by atoms with Crippen LogP contribution in [0.3, 0.4) is 0 Å². The van der Waals surface area contributed by atoms with Gasteiger partial charge in [-0.25, -0.2) is 4.98 Å². The van der Waals surface area contributed by atoms with Crippen LogP contribution in [-0.2, 0) is 16.0 Å². The first-order chi connectivity index (χ1) is 12.3. The molecule has 1 amide bonds. The molecular formula is C19H23N3O3. The maximum Gasteiger partial charge on any atom is 0.223 e. The summed E-state index contributed by atoms with van der Waals surface area (Å²) in [5, 5.41) is 0. The first-order valence-electron chi connectivity index (χ1n) is 8.92. The summed E-state index contributed by atoms with van der Waals surface area (Å²) < 4.78 is 12.0. The Labute approximate surface area is 147 Å². The van der Waals surface area contributed by atoms with Crippen molar-refractivity contribution in [2.75, 3.05) is 13.2 Å². The quantitative estimate of drug-likeness (QED) is 0.905. The molecular weight excluding hydrogens is 318 g/mol. The Morgan fingerprint density at radius 1 is 1.36 bits per heavy atom. The number of aromatic amines is 1. The van der Waals surface area contributed by atoms with Crippen LogP contribution in [0.25, 0.3) is 0 Å². The van der Waals surface area contributed by atoms with Crippen molar-refractivity contribution in [3.63, 3.8) is 0 Å². The number of carbonyl (C=O) groups excluding carboxylic acids is 1. The summed E-state index contributed by atoms with van der Waals surface area (Å²) in [6, 6.07) is 9.67. The highest BCUT2D eigenvalue weighted by Gasteiger charge is 2.47. The van der Waals surface area contributed by atoms with Gasteiger partial charge >= 0.3 is 0 Å². The van der Waals surface area contributed by atoms with Gasteiger partial charge in [0.25, 0.3) is 0 Å². The van der Waals surface area contributed by atoms with E-state index in [-0.39, 0.29) is 24.2 Å². The van der Waals surface area contributed by atoms with Crippen LogP contribution in [0.1, 0.15) is 25.0 Å². The average Bonchev–Trinajstić information content (AvgIpc) is 3.29. The van der Waals surface area contributed by atoms with Crippen molar-refractivity contribution >= 4 is 5.91 Å². The number of nitrogens with zero attached hydrogens (tertiary/aromatic N) is 2. The molecule has 0 spiro atoms. The third-order valence-electron chi connectivity index (χ3n) is 4.98. The van der Waals surface area contributed by atoms with Crippen molar-refractivity contribution in [2.24, 2.45) is 0 Å². The number of hydrogen-bond acceptors (Lipinski definition) is 4. The van der Waals surface area contributed by atoms with Gasteiger partial charge in [-0.05, 0) is 37.5 Å². The lowest BCUT2D eigenvalue weighted by Gasteiger charge is -2.32. The maximum absolute atomic E-state index is 12.8. The molecule has 2 aromatic rings. The molecule has 25 heavy (non-hydrogen) atoms. The molecule has 0 saturated carbocycles. The predicted molar refractivity (Wildman–Crippen MR) is 92.2 cm³/mol. The van der Waals surface area contributed by atoms with E-state index in [9.17, 15) is 4.79 Å². The Hall–Kier alpha value is -2.34. The molecule has 3 atom stereocenters. The standard InChI is InChI=1S/C19H23N3O3/c23-18(9-8-14-5-3-11-20-14)22-13-16(19-15(22)6-4-12-24-19)25-17-7-1-2-10-21-17/h1-3,5,7,10-11,15-16,19-20H,4,6,8-9,12-13H2/t15-,16+,19+/m1/s1. The molecule has 4 rings (SSSR count). The van der Waals surface area contributed by atoms with Crippen LogP contribution in [0.5, 0.6) is 5.88 Å². The molecule has 0 aromatic carbocycles. The molecule has 0 radical (unpaired) electrons. The van der Waals surface area contributed by atoms with Gasteiger partial charge in [0, 0.05) is 37.2 Å². The molecule has 0 aliphatic carbocycles. The largest absolute Gasteiger partial charge is 0.470 e. The zero-order chi connectivity index (χ0) is 17.1. The molecule has 0 unspecified atom stereocenters. The number of H-pyrrole nitrogens is 1. The van der Waals surface area contributed by atoms with Gasteiger partial charge in [0.15, 0.2) is 0 Å². The Balaban J connectivity index is 1.43. The smallest absolute Gasteiger partial charge is 0.223 e. The van der Waals surface area contributed by atoms with Crippen LogP contribution in [-0.4, -0.2) is 52.2 Å². The number of carbonyl (C=O) groups is 1.